The molecule has 100 valence electrons. The molecule has 0 bridgehead atoms. The van der Waals surface area contributed by atoms with Crippen LogP contribution in [0.2, 0.25) is 0 Å². The maximum atomic E-state index is 12.1. The molecule has 0 N–H and O–H groups in total. The molecule has 1 aromatic heterocycles. The summed E-state index contributed by atoms with van der Waals surface area (Å²) in [5.74, 6) is 3.45. The summed E-state index contributed by atoms with van der Waals surface area (Å²) < 4.78 is 1.95. The first-order valence-corrected chi connectivity index (χ1v) is 7.97. The molecule has 0 spiro atoms. The smallest absolute Gasteiger partial charge is 0.139 e. The number of hydrogen-bond donors (Lipinski definition) is 0. The highest BCUT2D eigenvalue weighted by atomic mass is 32.2. The zero-order valence-corrected chi connectivity index (χ0v) is 12.1. The van der Waals surface area contributed by atoms with Gasteiger partial charge in [0.2, 0.25) is 0 Å². The minimum Gasteiger partial charge on any atom is -0.299 e. The standard InChI is InChI=1S/C14H22N2OS/c1-3-16-13(8-11(2)15-16)10-14(17)9-12-4-6-18-7-5-12/h8,12H,3-7,9-10H2,1-2H3. The van der Waals surface area contributed by atoms with E-state index in [-0.39, 0.29) is 0 Å². The van der Waals surface area contributed by atoms with Crippen LogP contribution in [0.1, 0.15) is 37.6 Å². The van der Waals surface area contributed by atoms with Gasteiger partial charge in [-0.15, -0.1) is 0 Å². The highest BCUT2D eigenvalue weighted by molar-refractivity contribution is 7.99. The summed E-state index contributed by atoms with van der Waals surface area (Å²) in [4.78, 5) is 12.1. The van der Waals surface area contributed by atoms with Gasteiger partial charge < -0.3 is 0 Å². The number of carbonyl (C=O) groups excluding carboxylic acids is 1. The summed E-state index contributed by atoms with van der Waals surface area (Å²) in [6.07, 6.45) is 3.73. The normalized spacial score (nSPS) is 17.0. The van der Waals surface area contributed by atoms with Crippen molar-refractivity contribution in [1.82, 2.24) is 9.78 Å². The van der Waals surface area contributed by atoms with Gasteiger partial charge >= 0.3 is 0 Å². The molecule has 2 rings (SSSR count). The third-order valence-electron chi connectivity index (χ3n) is 3.52. The van der Waals surface area contributed by atoms with E-state index in [4.69, 9.17) is 0 Å². The lowest BCUT2D eigenvalue weighted by atomic mass is 9.95. The van der Waals surface area contributed by atoms with Gasteiger partial charge in [0.1, 0.15) is 5.78 Å². The molecule has 18 heavy (non-hydrogen) atoms. The second-order valence-corrected chi connectivity index (χ2v) is 6.29. The molecule has 1 fully saturated rings. The first-order chi connectivity index (χ1) is 8.69. The molecule has 1 aromatic rings. The molecule has 0 aliphatic carbocycles. The summed E-state index contributed by atoms with van der Waals surface area (Å²) in [7, 11) is 0. The van der Waals surface area contributed by atoms with Crippen LogP contribution in [-0.2, 0) is 17.8 Å². The average molecular weight is 266 g/mol. The Morgan fingerprint density at radius 3 is 2.89 bits per heavy atom. The number of thioether (sulfide) groups is 1. The van der Waals surface area contributed by atoms with E-state index >= 15 is 0 Å². The SMILES string of the molecule is CCn1nc(C)cc1CC(=O)CC1CCSCC1. The van der Waals surface area contributed by atoms with Gasteiger partial charge in [0.25, 0.3) is 0 Å². The van der Waals surface area contributed by atoms with E-state index < -0.39 is 0 Å². The molecule has 1 aliphatic heterocycles. The molecular formula is C14H22N2OS. The van der Waals surface area contributed by atoms with Crippen molar-refractivity contribution in [3.05, 3.63) is 17.5 Å². The largest absolute Gasteiger partial charge is 0.299 e. The van der Waals surface area contributed by atoms with E-state index in [9.17, 15) is 4.79 Å². The number of nitrogens with zero attached hydrogens (tertiary/aromatic N) is 2. The molecule has 3 nitrogen and oxygen atoms in total. The van der Waals surface area contributed by atoms with E-state index in [1.54, 1.807) is 0 Å². The molecule has 1 aliphatic rings. The Labute approximate surface area is 113 Å². The monoisotopic (exact) mass is 266 g/mol. The number of hydrogen-bond acceptors (Lipinski definition) is 3. The summed E-state index contributed by atoms with van der Waals surface area (Å²) in [6.45, 7) is 4.90. The Balaban J connectivity index is 1.89. The lowest BCUT2D eigenvalue weighted by Crippen LogP contribution is -2.17. The van der Waals surface area contributed by atoms with Crippen LogP contribution >= 0.6 is 11.8 Å². The average Bonchev–Trinajstić information content (AvgIpc) is 2.70. The number of carbonyl (C=O) groups is 1. The van der Waals surface area contributed by atoms with Gasteiger partial charge in [0, 0.05) is 25.1 Å². The molecule has 0 atom stereocenters. The fraction of sp³-hybridized carbons (Fsp3) is 0.714. The quantitative estimate of drug-likeness (QED) is 0.822. The van der Waals surface area contributed by atoms with E-state index in [1.807, 2.05) is 29.4 Å². The van der Waals surface area contributed by atoms with E-state index in [0.29, 0.717) is 18.1 Å². The van der Waals surface area contributed by atoms with Crippen molar-refractivity contribution in [3.63, 3.8) is 0 Å². The van der Waals surface area contributed by atoms with Gasteiger partial charge in [0.05, 0.1) is 5.69 Å². The van der Waals surface area contributed by atoms with Crippen LogP contribution in [0, 0.1) is 12.8 Å². The van der Waals surface area contributed by atoms with Crippen molar-refractivity contribution >= 4 is 17.5 Å². The highest BCUT2D eigenvalue weighted by Gasteiger charge is 2.18. The van der Waals surface area contributed by atoms with Crippen LogP contribution < -0.4 is 0 Å². The van der Waals surface area contributed by atoms with Crippen molar-refractivity contribution in [2.45, 2.75) is 46.1 Å². The van der Waals surface area contributed by atoms with Crippen molar-refractivity contribution in [3.8, 4) is 0 Å². The Morgan fingerprint density at radius 2 is 2.22 bits per heavy atom. The maximum absolute atomic E-state index is 12.1. The predicted octanol–water partition coefficient (Wildman–Crippen LogP) is 2.86. The van der Waals surface area contributed by atoms with E-state index in [1.165, 1.54) is 24.3 Å². The minimum atomic E-state index is 0.376. The zero-order chi connectivity index (χ0) is 13.0. The summed E-state index contributed by atoms with van der Waals surface area (Å²) >= 11 is 2.01. The second-order valence-electron chi connectivity index (χ2n) is 5.07. The Morgan fingerprint density at radius 1 is 1.50 bits per heavy atom. The van der Waals surface area contributed by atoms with Crippen LogP contribution in [0.4, 0.5) is 0 Å². The second kappa shape index (κ2) is 6.41. The van der Waals surface area contributed by atoms with Crippen molar-refractivity contribution in [1.29, 1.82) is 0 Å². The minimum absolute atomic E-state index is 0.376. The van der Waals surface area contributed by atoms with E-state index in [0.717, 1.165) is 24.4 Å². The molecule has 0 radical (unpaired) electrons. The Kier molecular flexibility index (Phi) is 4.87. The number of aryl methyl sites for hydroxylation is 2. The van der Waals surface area contributed by atoms with Gasteiger partial charge in [-0.05, 0) is 50.2 Å². The van der Waals surface area contributed by atoms with Gasteiger partial charge in [-0.25, -0.2) is 0 Å². The van der Waals surface area contributed by atoms with Crippen LogP contribution in [0.3, 0.4) is 0 Å². The van der Waals surface area contributed by atoms with Gasteiger partial charge in [-0.3, -0.25) is 9.48 Å². The van der Waals surface area contributed by atoms with Crippen LogP contribution in [0.5, 0.6) is 0 Å². The van der Waals surface area contributed by atoms with Gasteiger partial charge in [-0.2, -0.15) is 16.9 Å². The van der Waals surface area contributed by atoms with Crippen LogP contribution in [0.25, 0.3) is 0 Å². The van der Waals surface area contributed by atoms with Crippen molar-refractivity contribution in [2.24, 2.45) is 5.92 Å². The third kappa shape index (κ3) is 3.61. The number of rotatable bonds is 5. The molecular weight excluding hydrogens is 244 g/mol. The zero-order valence-electron chi connectivity index (χ0n) is 11.3. The van der Waals surface area contributed by atoms with Gasteiger partial charge in [-0.1, -0.05) is 0 Å². The fourth-order valence-electron chi connectivity index (χ4n) is 2.56. The number of Topliss-reactive ketones (excluding diaryl/α,β-unsaturated/α-hetero) is 1. The van der Waals surface area contributed by atoms with Gasteiger partial charge in [0.15, 0.2) is 0 Å². The van der Waals surface area contributed by atoms with E-state index in [2.05, 4.69) is 12.0 Å². The molecule has 0 amide bonds. The van der Waals surface area contributed by atoms with Crippen molar-refractivity contribution < 1.29 is 4.79 Å². The van der Waals surface area contributed by atoms with Crippen LogP contribution in [0.15, 0.2) is 6.07 Å². The Hall–Kier alpha value is -0.770. The first kappa shape index (κ1) is 13.7. The fourth-order valence-corrected chi connectivity index (χ4v) is 3.77. The highest BCUT2D eigenvalue weighted by Crippen LogP contribution is 2.25. The summed E-state index contributed by atoms with van der Waals surface area (Å²) in [5, 5.41) is 4.39. The molecule has 2 heterocycles. The van der Waals surface area contributed by atoms with Crippen LogP contribution in [-0.4, -0.2) is 27.1 Å². The van der Waals surface area contributed by atoms with Crippen molar-refractivity contribution in [2.75, 3.05) is 11.5 Å². The molecule has 0 aromatic carbocycles. The summed E-state index contributed by atoms with van der Waals surface area (Å²) in [6, 6.07) is 2.04. The summed E-state index contributed by atoms with van der Waals surface area (Å²) in [5.41, 5.74) is 2.08. The first-order valence-electron chi connectivity index (χ1n) is 6.81. The maximum Gasteiger partial charge on any atom is 0.139 e. The number of aromatic nitrogens is 2. The molecule has 4 heteroatoms. The predicted molar refractivity (Wildman–Crippen MR) is 76.0 cm³/mol. The third-order valence-corrected chi connectivity index (χ3v) is 4.57. The lowest BCUT2D eigenvalue weighted by Gasteiger charge is -2.20. The molecule has 1 saturated heterocycles. The lowest BCUT2D eigenvalue weighted by molar-refractivity contribution is -0.119. The molecule has 0 unspecified atom stereocenters. The molecule has 0 saturated carbocycles. The number of ketones is 1. The topological polar surface area (TPSA) is 34.9 Å². The Bertz CT molecular complexity index is 408.